The highest BCUT2D eigenvalue weighted by molar-refractivity contribution is 5.99. The predicted octanol–water partition coefficient (Wildman–Crippen LogP) is 7.42. The lowest BCUT2D eigenvalue weighted by Crippen LogP contribution is -1.87. The average molecular weight is 417 g/mol. The fourth-order valence-corrected chi connectivity index (χ4v) is 3.91. The van der Waals surface area contributed by atoms with Gasteiger partial charge in [-0.1, -0.05) is 85.0 Å². The largest absolute Gasteiger partial charge is 0.298 e. The van der Waals surface area contributed by atoms with E-state index < -0.39 is 0 Å². The monoisotopic (exact) mass is 416 g/mol. The normalized spacial score (nSPS) is 11.4. The molecule has 32 heavy (non-hydrogen) atoms. The Balaban J connectivity index is 1.69. The zero-order valence-electron chi connectivity index (χ0n) is 18.2. The van der Waals surface area contributed by atoms with Crippen LogP contribution < -0.4 is 0 Å². The third kappa shape index (κ3) is 4.50. The number of benzene rings is 4. The third-order valence-corrected chi connectivity index (χ3v) is 5.74. The Morgan fingerprint density at radius 2 is 0.875 bits per heavy atom. The van der Waals surface area contributed by atoms with Gasteiger partial charge in [0.25, 0.3) is 0 Å². The number of carbonyl (C=O) groups is 2. The van der Waals surface area contributed by atoms with Crippen molar-refractivity contribution in [3.63, 3.8) is 0 Å². The first kappa shape index (κ1) is 21.2. The molecule has 0 radical (unpaired) electrons. The SMILES string of the molecule is Cc1cc(C=O)ccc1C=Cc1ccc(C=Cc2ccc(C=O)cc2C)c2ccccc12. The van der Waals surface area contributed by atoms with Gasteiger partial charge in [-0.15, -0.1) is 0 Å². The van der Waals surface area contributed by atoms with Crippen LogP contribution in [0.5, 0.6) is 0 Å². The highest BCUT2D eigenvalue weighted by atomic mass is 16.1. The fourth-order valence-electron chi connectivity index (χ4n) is 3.91. The van der Waals surface area contributed by atoms with Crippen molar-refractivity contribution in [1.82, 2.24) is 0 Å². The van der Waals surface area contributed by atoms with E-state index in [0.717, 1.165) is 46.0 Å². The van der Waals surface area contributed by atoms with Crippen molar-refractivity contribution in [2.75, 3.05) is 0 Å². The number of fused-ring (bicyclic) bond motifs is 1. The van der Waals surface area contributed by atoms with Gasteiger partial charge in [0.05, 0.1) is 0 Å². The Labute approximate surface area is 188 Å². The van der Waals surface area contributed by atoms with Crippen molar-refractivity contribution >= 4 is 47.6 Å². The lowest BCUT2D eigenvalue weighted by molar-refractivity contribution is 0.111. The summed E-state index contributed by atoms with van der Waals surface area (Å²) in [7, 11) is 0. The summed E-state index contributed by atoms with van der Waals surface area (Å²) < 4.78 is 0. The van der Waals surface area contributed by atoms with Crippen molar-refractivity contribution in [2.45, 2.75) is 13.8 Å². The van der Waals surface area contributed by atoms with Gasteiger partial charge < -0.3 is 0 Å². The number of hydrogen-bond acceptors (Lipinski definition) is 2. The number of aryl methyl sites for hydroxylation is 2. The molecule has 0 saturated carbocycles. The van der Waals surface area contributed by atoms with Gasteiger partial charge in [0.1, 0.15) is 12.6 Å². The van der Waals surface area contributed by atoms with Crippen LogP contribution in [0.25, 0.3) is 35.1 Å². The molecule has 2 nitrogen and oxygen atoms in total. The van der Waals surface area contributed by atoms with E-state index in [4.69, 9.17) is 0 Å². The standard InChI is InChI=1S/C30H24O2/c1-21-17-23(19-31)7-9-25(21)11-13-27-15-16-28(30-6-4-3-5-29(27)30)14-12-26-10-8-24(20-32)18-22(26)2/h3-20H,1-2H3. The van der Waals surface area contributed by atoms with Gasteiger partial charge in [0.15, 0.2) is 0 Å². The van der Waals surface area contributed by atoms with Gasteiger partial charge in [-0.05, 0) is 70.1 Å². The fraction of sp³-hybridized carbons (Fsp3) is 0.0667. The highest BCUT2D eigenvalue weighted by Gasteiger charge is 2.04. The molecule has 0 amide bonds. The summed E-state index contributed by atoms with van der Waals surface area (Å²) in [6.07, 6.45) is 10.2. The van der Waals surface area contributed by atoms with Crippen LogP contribution in [-0.4, -0.2) is 12.6 Å². The minimum absolute atomic E-state index is 0.692. The van der Waals surface area contributed by atoms with E-state index in [0.29, 0.717) is 11.1 Å². The summed E-state index contributed by atoms with van der Waals surface area (Å²) in [4.78, 5) is 22.0. The van der Waals surface area contributed by atoms with Gasteiger partial charge in [0.2, 0.25) is 0 Å². The molecule has 0 atom stereocenters. The maximum absolute atomic E-state index is 11.0. The van der Waals surface area contributed by atoms with Crippen molar-refractivity contribution in [1.29, 1.82) is 0 Å². The molecule has 0 unspecified atom stereocenters. The zero-order chi connectivity index (χ0) is 22.5. The van der Waals surface area contributed by atoms with Gasteiger partial charge in [0, 0.05) is 11.1 Å². The predicted molar refractivity (Wildman–Crippen MR) is 135 cm³/mol. The second-order valence-electron chi connectivity index (χ2n) is 7.92. The van der Waals surface area contributed by atoms with E-state index in [1.54, 1.807) is 0 Å². The van der Waals surface area contributed by atoms with Crippen LogP contribution in [0.4, 0.5) is 0 Å². The molecule has 0 aromatic heterocycles. The Hall–Kier alpha value is -4.04. The van der Waals surface area contributed by atoms with Crippen LogP contribution >= 0.6 is 0 Å². The smallest absolute Gasteiger partial charge is 0.150 e. The summed E-state index contributed by atoms with van der Waals surface area (Å²) in [5.41, 5.74) is 8.01. The molecule has 0 aliphatic rings. The van der Waals surface area contributed by atoms with Gasteiger partial charge in [-0.2, -0.15) is 0 Å². The quantitative estimate of drug-likeness (QED) is 0.242. The number of aldehydes is 2. The first-order valence-electron chi connectivity index (χ1n) is 10.6. The summed E-state index contributed by atoms with van der Waals surface area (Å²) in [5, 5.41) is 2.36. The lowest BCUT2D eigenvalue weighted by Gasteiger charge is -2.08. The molecule has 156 valence electrons. The first-order valence-corrected chi connectivity index (χ1v) is 10.6. The van der Waals surface area contributed by atoms with Crippen LogP contribution in [0.2, 0.25) is 0 Å². The second kappa shape index (κ2) is 9.40. The zero-order valence-corrected chi connectivity index (χ0v) is 18.2. The Kier molecular flexibility index (Phi) is 6.23. The molecule has 0 heterocycles. The maximum atomic E-state index is 11.0. The van der Waals surface area contributed by atoms with E-state index in [1.807, 2.05) is 50.2 Å². The molecular weight excluding hydrogens is 392 g/mol. The van der Waals surface area contributed by atoms with E-state index in [1.165, 1.54) is 10.8 Å². The second-order valence-corrected chi connectivity index (χ2v) is 7.92. The Morgan fingerprint density at radius 3 is 1.25 bits per heavy atom. The molecule has 0 fully saturated rings. The van der Waals surface area contributed by atoms with E-state index in [2.05, 4.69) is 60.7 Å². The van der Waals surface area contributed by atoms with Crippen molar-refractivity contribution < 1.29 is 9.59 Å². The highest BCUT2D eigenvalue weighted by Crippen LogP contribution is 2.27. The summed E-state index contributed by atoms with van der Waals surface area (Å²) in [6.45, 7) is 4.03. The van der Waals surface area contributed by atoms with Crippen LogP contribution in [-0.2, 0) is 0 Å². The third-order valence-electron chi connectivity index (χ3n) is 5.74. The van der Waals surface area contributed by atoms with Gasteiger partial charge in [-0.3, -0.25) is 9.59 Å². The van der Waals surface area contributed by atoms with Crippen molar-refractivity contribution in [2.24, 2.45) is 0 Å². The lowest BCUT2D eigenvalue weighted by atomic mass is 9.97. The summed E-state index contributed by atoms with van der Waals surface area (Å²) in [5.74, 6) is 0. The average Bonchev–Trinajstić information content (AvgIpc) is 2.82. The van der Waals surface area contributed by atoms with Crippen LogP contribution in [0.15, 0.2) is 72.8 Å². The van der Waals surface area contributed by atoms with Crippen molar-refractivity contribution in [3.8, 4) is 0 Å². The number of rotatable bonds is 6. The van der Waals surface area contributed by atoms with Crippen LogP contribution in [0.1, 0.15) is 54.1 Å². The molecule has 0 saturated heterocycles. The molecule has 4 aromatic carbocycles. The number of hydrogen-bond donors (Lipinski definition) is 0. The number of carbonyl (C=O) groups excluding carboxylic acids is 2. The minimum Gasteiger partial charge on any atom is -0.298 e. The van der Waals surface area contributed by atoms with Crippen molar-refractivity contribution in [3.05, 3.63) is 117 Å². The molecule has 0 aliphatic carbocycles. The van der Waals surface area contributed by atoms with E-state index >= 15 is 0 Å². The van der Waals surface area contributed by atoms with Crippen LogP contribution in [0, 0.1) is 13.8 Å². The molecule has 0 N–H and O–H groups in total. The Morgan fingerprint density at radius 1 is 0.500 bits per heavy atom. The van der Waals surface area contributed by atoms with Crippen LogP contribution in [0.3, 0.4) is 0 Å². The molecule has 2 heteroatoms. The first-order chi connectivity index (χ1) is 15.6. The van der Waals surface area contributed by atoms with Gasteiger partial charge >= 0.3 is 0 Å². The summed E-state index contributed by atoms with van der Waals surface area (Å²) >= 11 is 0. The molecular formula is C30H24O2. The van der Waals surface area contributed by atoms with Gasteiger partial charge in [-0.25, -0.2) is 0 Å². The molecule has 4 rings (SSSR count). The Bertz CT molecular complexity index is 1270. The molecule has 0 aliphatic heterocycles. The maximum Gasteiger partial charge on any atom is 0.150 e. The minimum atomic E-state index is 0.692. The molecule has 0 spiro atoms. The van der Waals surface area contributed by atoms with E-state index in [9.17, 15) is 9.59 Å². The van der Waals surface area contributed by atoms with E-state index in [-0.39, 0.29) is 0 Å². The summed E-state index contributed by atoms with van der Waals surface area (Å²) in [6, 6.07) is 24.1. The topological polar surface area (TPSA) is 34.1 Å². The molecule has 0 bridgehead atoms. The molecule has 4 aromatic rings.